The van der Waals surface area contributed by atoms with Crippen LogP contribution >= 0.6 is 0 Å². The average molecular weight is 246 g/mol. The Kier molecular flexibility index (Phi) is 3.50. The van der Waals surface area contributed by atoms with Crippen LogP contribution in [0.2, 0.25) is 0 Å². The van der Waals surface area contributed by atoms with Crippen molar-refractivity contribution >= 4 is 5.82 Å². The Labute approximate surface area is 109 Å². The van der Waals surface area contributed by atoms with Gasteiger partial charge in [-0.15, -0.1) is 0 Å². The van der Waals surface area contributed by atoms with Gasteiger partial charge in [-0.3, -0.25) is 0 Å². The minimum Gasteiger partial charge on any atom is -0.392 e. The molecule has 2 heterocycles. The van der Waals surface area contributed by atoms with E-state index >= 15 is 0 Å². The molecular formula is C15H22N2O. The predicted octanol–water partition coefficient (Wildman–Crippen LogP) is 2.73. The molecule has 1 aromatic rings. The largest absolute Gasteiger partial charge is 0.392 e. The van der Waals surface area contributed by atoms with Gasteiger partial charge in [0.05, 0.1) is 6.61 Å². The van der Waals surface area contributed by atoms with Gasteiger partial charge in [-0.1, -0.05) is 12.8 Å². The minimum absolute atomic E-state index is 0.109. The molecule has 1 aromatic heterocycles. The van der Waals surface area contributed by atoms with E-state index in [4.69, 9.17) is 0 Å². The maximum atomic E-state index is 9.25. The number of hydrogen-bond donors (Lipinski definition) is 1. The number of fused-ring (bicyclic) bond motifs is 1. The first-order valence-electron chi connectivity index (χ1n) is 7.21. The molecule has 3 nitrogen and oxygen atoms in total. The SMILES string of the molecule is OCc1ccnc(N2CCC[C@H]3CCCC[C@H]32)c1. The Balaban J connectivity index is 1.84. The molecule has 0 radical (unpaired) electrons. The molecule has 18 heavy (non-hydrogen) atoms. The fourth-order valence-electron chi connectivity index (χ4n) is 3.63. The molecular weight excluding hydrogens is 224 g/mol. The van der Waals surface area contributed by atoms with Gasteiger partial charge in [-0.05, 0) is 49.3 Å². The molecule has 2 aliphatic rings. The van der Waals surface area contributed by atoms with E-state index in [1.807, 2.05) is 12.3 Å². The number of rotatable bonds is 2. The van der Waals surface area contributed by atoms with Crippen LogP contribution in [0.5, 0.6) is 0 Å². The smallest absolute Gasteiger partial charge is 0.129 e. The van der Waals surface area contributed by atoms with Gasteiger partial charge in [0.2, 0.25) is 0 Å². The van der Waals surface area contributed by atoms with Crippen molar-refractivity contribution in [3.8, 4) is 0 Å². The zero-order valence-electron chi connectivity index (χ0n) is 10.9. The molecule has 1 aliphatic heterocycles. The summed E-state index contributed by atoms with van der Waals surface area (Å²) >= 11 is 0. The van der Waals surface area contributed by atoms with Gasteiger partial charge < -0.3 is 10.0 Å². The van der Waals surface area contributed by atoms with Crippen molar-refractivity contribution < 1.29 is 5.11 Å². The standard InChI is InChI=1S/C15H22N2O/c18-11-12-7-8-16-15(10-12)17-9-3-5-13-4-1-2-6-14(13)17/h7-8,10,13-14,18H,1-6,9,11H2/t13-,14-/m1/s1. The number of hydrogen-bond acceptors (Lipinski definition) is 3. The number of piperidine rings is 1. The summed E-state index contributed by atoms with van der Waals surface area (Å²) in [6.45, 7) is 1.24. The highest BCUT2D eigenvalue weighted by atomic mass is 16.3. The summed E-state index contributed by atoms with van der Waals surface area (Å²) in [5.74, 6) is 1.94. The Bertz CT molecular complexity index is 405. The van der Waals surface area contributed by atoms with E-state index in [0.29, 0.717) is 6.04 Å². The van der Waals surface area contributed by atoms with Crippen molar-refractivity contribution in [2.75, 3.05) is 11.4 Å². The summed E-state index contributed by atoms with van der Waals surface area (Å²) in [4.78, 5) is 7.01. The van der Waals surface area contributed by atoms with Crippen LogP contribution in [0.25, 0.3) is 0 Å². The molecule has 3 rings (SSSR count). The van der Waals surface area contributed by atoms with Gasteiger partial charge >= 0.3 is 0 Å². The third-order valence-corrected chi connectivity index (χ3v) is 4.53. The topological polar surface area (TPSA) is 36.4 Å². The molecule has 0 unspecified atom stereocenters. The molecule has 2 atom stereocenters. The summed E-state index contributed by atoms with van der Waals surface area (Å²) in [5, 5.41) is 9.25. The summed E-state index contributed by atoms with van der Waals surface area (Å²) in [6.07, 6.45) is 9.97. The number of aromatic nitrogens is 1. The fraction of sp³-hybridized carbons (Fsp3) is 0.667. The Morgan fingerprint density at radius 3 is 2.94 bits per heavy atom. The lowest BCUT2D eigenvalue weighted by atomic mass is 9.78. The van der Waals surface area contributed by atoms with E-state index in [1.165, 1.54) is 38.5 Å². The average Bonchev–Trinajstić information content (AvgIpc) is 2.47. The second-order valence-electron chi connectivity index (χ2n) is 5.63. The van der Waals surface area contributed by atoms with Gasteiger partial charge in [0.1, 0.15) is 5.82 Å². The third-order valence-electron chi connectivity index (χ3n) is 4.53. The highest BCUT2D eigenvalue weighted by Gasteiger charge is 2.33. The molecule has 0 spiro atoms. The van der Waals surface area contributed by atoms with E-state index in [-0.39, 0.29) is 6.61 Å². The zero-order chi connectivity index (χ0) is 12.4. The lowest BCUT2D eigenvalue weighted by Gasteiger charge is -2.44. The molecule has 2 fully saturated rings. The molecule has 0 bridgehead atoms. The van der Waals surface area contributed by atoms with E-state index in [0.717, 1.165) is 23.8 Å². The summed E-state index contributed by atoms with van der Waals surface area (Å²) in [6, 6.07) is 4.64. The van der Waals surface area contributed by atoms with E-state index in [9.17, 15) is 5.11 Å². The quantitative estimate of drug-likeness (QED) is 0.871. The van der Waals surface area contributed by atoms with Crippen molar-refractivity contribution in [1.29, 1.82) is 0 Å². The van der Waals surface area contributed by atoms with Gasteiger partial charge in [-0.2, -0.15) is 0 Å². The van der Waals surface area contributed by atoms with Crippen molar-refractivity contribution in [1.82, 2.24) is 4.98 Å². The highest BCUT2D eigenvalue weighted by Crippen LogP contribution is 2.37. The van der Waals surface area contributed by atoms with Gasteiger partial charge in [0.25, 0.3) is 0 Å². The number of anilines is 1. The number of pyridine rings is 1. The minimum atomic E-state index is 0.109. The van der Waals surface area contributed by atoms with Gasteiger partial charge in [0.15, 0.2) is 0 Å². The predicted molar refractivity (Wildman–Crippen MR) is 72.5 cm³/mol. The summed E-state index contributed by atoms with van der Waals surface area (Å²) < 4.78 is 0. The first kappa shape index (κ1) is 12.0. The summed E-state index contributed by atoms with van der Waals surface area (Å²) in [7, 11) is 0. The molecule has 1 saturated carbocycles. The van der Waals surface area contributed by atoms with Crippen molar-refractivity contribution in [2.45, 2.75) is 51.2 Å². The molecule has 1 N–H and O–H groups in total. The van der Waals surface area contributed by atoms with Gasteiger partial charge in [0, 0.05) is 18.8 Å². The third kappa shape index (κ3) is 2.24. The van der Waals surface area contributed by atoms with Crippen LogP contribution in [0.4, 0.5) is 5.82 Å². The van der Waals surface area contributed by atoms with Gasteiger partial charge in [-0.25, -0.2) is 4.98 Å². The molecule has 1 aliphatic carbocycles. The van der Waals surface area contributed by atoms with Crippen LogP contribution in [-0.4, -0.2) is 22.7 Å². The Morgan fingerprint density at radius 2 is 2.06 bits per heavy atom. The number of aliphatic hydroxyl groups is 1. The van der Waals surface area contributed by atoms with Crippen molar-refractivity contribution in [2.24, 2.45) is 5.92 Å². The molecule has 1 saturated heterocycles. The van der Waals surface area contributed by atoms with E-state index in [1.54, 1.807) is 0 Å². The normalized spacial score (nSPS) is 27.9. The number of aliphatic hydroxyl groups excluding tert-OH is 1. The van der Waals surface area contributed by atoms with Crippen LogP contribution < -0.4 is 4.90 Å². The fourth-order valence-corrected chi connectivity index (χ4v) is 3.63. The van der Waals surface area contributed by atoms with Crippen LogP contribution in [0.15, 0.2) is 18.3 Å². The first-order chi connectivity index (χ1) is 8.88. The van der Waals surface area contributed by atoms with E-state index < -0.39 is 0 Å². The highest BCUT2D eigenvalue weighted by molar-refractivity contribution is 5.43. The molecule has 98 valence electrons. The monoisotopic (exact) mass is 246 g/mol. The van der Waals surface area contributed by atoms with Crippen LogP contribution in [0.1, 0.15) is 44.1 Å². The lowest BCUT2D eigenvalue weighted by molar-refractivity contribution is 0.242. The van der Waals surface area contributed by atoms with Crippen LogP contribution in [0, 0.1) is 5.92 Å². The van der Waals surface area contributed by atoms with Crippen molar-refractivity contribution in [3.63, 3.8) is 0 Å². The molecule has 0 aromatic carbocycles. The maximum absolute atomic E-state index is 9.25. The lowest BCUT2D eigenvalue weighted by Crippen LogP contribution is -2.47. The van der Waals surface area contributed by atoms with Crippen molar-refractivity contribution in [3.05, 3.63) is 23.9 Å². The Morgan fingerprint density at radius 1 is 1.22 bits per heavy atom. The number of nitrogens with zero attached hydrogens (tertiary/aromatic N) is 2. The van der Waals surface area contributed by atoms with E-state index in [2.05, 4.69) is 16.0 Å². The second-order valence-corrected chi connectivity index (χ2v) is 5.63. The maximum Gasteiger partial charge on any atom is 0.129 e. The Hall–Kier alpha value is -1.09. The van der Waals surface area contributed by atoms with Crippen LogP contribution in [0.3, 0.4) is 0 Å². The van der Waals surface area contributed by atoms with Crippen LogP contribution in [-0.2, 0) is 6.61 Å². The second kappa shape index (κ2) is 5.27. The molecule has 0 amide bonds. The zero-order valence-corrected chi connectivity index (χ0v) is 10.9. The summed E-state index contributed by atoms with van der Waals surface area (Å²) in [5.41, 5.74) is 0.970. The first-order valence-corrected chi connectivity index (χ1v) is 7.21. The molecule has 3 heteroatoms.